The third-order valence-electron chi connectivity index (χ3n) is 5.17. The highest BCUT2D eigenvalue weighted by atomic mass is 32.2. The number of carbonyl (C=O) groups excluding carboxylic acids is 2. The number of aromatic nitrogens is 4. The normalized spacial score (nSPS) is 11.4. The standard InChI is InChI=1S/C24H26N4O2S2/c29-23(21-25-17-11-5-6-12-18(17)26-21)31-15-9-3-1-2-4-10-16-32-24(30)22-27-19-13-7-8-14-20(19)28-22/h5-8,11-14H,1-4,9-10,15-16H2,(H,25,26)(H,27,28). The van der Waals surface area contributed by atoms with E-state index in [1.54, 1.807) is 0 Å². The highest BCUT2D eigenvalue weighted by molar-refractivity contribution is 8.14. The Morgan fingerprint density at radius 3 is 1.47 bits per heavy atom. The van der Waals surface area contributed by atoms with Crippen molar-refractivity contribution < 1.29 is 9.59 Å². The summed E-state index contributed by atoms with van der Waals surface area (Å²) in [6.45, 7) is 0. The van der Waals surface area contributed by atoms with E-state index in [-0.39, 0.29) is 10.2 Å². The summed E-state index contributed by atoms with van der Waals surface area (Å²) in [6.07, 6.45) is 6.59. The summed E-state index contributed by atoms with van der Waals surface area (Å²) in [5.41, 5.74) is 3.45. The lowest BCUT2D eigenvalue weighted by molar-refractivity contribution is 0.107. The Morgan fingerprint density at radius 1 is 0.625 bits per heavy atom. The van der Waals surface area contributed by atoms with Crippen molar-refractivity contribution >= 4 is 55.8 Å². The molecule has 0 unspecified atom stereocenters. The Morgan fingerprint density at radius 2 is 1.03 bits per heavy atom. The summed E-state index contributed by atoms with van der Waals surface area (Å²) in [4.78, 5) is 39.4. The summed E-state index contributed by atoms with van der Waals surface area (Å²) in [5, 5.41) is 0.0136. The molecular formula is C24H26N4O2S2. The Bertz CT molecular complexity index is 1040. The summed E-state index contributed by atoms with van der Waals surface area (Å²) in [7, 11) is 0. The molecule has 0 aliphatic carbocycles. The van der Waals surface area contributed by atoms with E-state index in [1.807, 2.05) is 48.5 Å². The zero-order chi connectivity index (χ0) is 22.2. The molecule has 0 fully saturated rings. The predicted octanol–water partition coefficient (Wildman–Crippen LogP) is 6.23. The van der Waals surface area contributed by atoms with E-state index in [0.717, 1.165) is 72.1 Å². The third kappa shape index (κ3) is 6.01. The van der Waals surface area contributed by atoms with Gasteiger partial charge in [0.05, 0.1) is 22.1 Å². The van der Waals surface area contributed by atoms with Crippen LogP contribution in [-0.4, -0.2) is 41.7 Å². The molecule has 0 bridgehead atoms. The number of imidazole rings is 2. The first-order chi connectivity index (χ1) is 15.7. The SMILES string of the molecule is O=C(SCCCCCCCCSC(=O)c1nc2ccccc2[nH]1)c1nc2ccccc2[nH]1. The number of H-pyrrole nitrogens is 2. The average molecular weight is 467 g/mol. The van der Waals surface area contributed by atoms with Crippen LogP contribution in [0.2, 0.25) is 0 Å². The minimum absolute atomic E-state index is 0.00680. The van der Waals surface area contributed by atoms with Crippen molar-refractivity contribution in [2.24, 2.45) is 0 Å². The lowest BCUT2D eigenvalue weighted by Crippen LogP contribution is -1.98. The van der Waals surface area contributed by atoms with Gasteiger partial charge in [0.1, 0.15) is 0 Å². The van der Waals surface area contributed by atoms with Gasteiger partial charge in [-0.3, -0.25) is 9.59 Å². The van der Waals surface area contributed by atoms with Gasteiger partial charge in [0.15, 0.2) is 11.6 Å². The first-order valence-corrected chi connectivity index (χ1v) is 12.9. The van der Waals surface area contributed by atoms with Gasteiger partial charge in [-0.1, -0.05) is 73.5 Å². The number of thioether (sulfide) groups is 2. The summed E-state index contributed by atoms with van der Waals surface area (Å²) < 4.78 is 0. The molecule has 0 saturated carbocycles. The molecular weight excluding hydrogens is 440 g/mol. The van der Waals surface area contributed by atoms with Crippen molar-refractivity contribution in [1.82, 2.24) is 19.9 Å². The smallest absolute Gasteiger partial charge is 0.254 e. The monoisotopic (exact) mass is 466 g/mol. The van der Waals surface area contributed by atoms with Crippen LogP contribution < -0.4 is 0 Å². The molecule has 2 aromatic carbocycles. The number of benzene rings is 2. The Hall–Kier alpha value is -2.58. The first kappa shape index (κ1) is 22.6. The maximum absolute atomic E-state index is 12.3. The first-order valence-electron chi connectivity index (χ1n) is 10.9. The maximum Gasteiger partial charge on any atom is 0.254 e. The zero-order valence-electron chi connectivity index (χ0n) is 17.8. The molecule has 2 heterocycles. The highest BCUT2D eigenvalue weighted by Gasteiger charge is 2.12. The van der Waals surface area contributed by atoms with E-state index < -0.39 is 0 Å². The quantitative estimate of drug-likeness (QED) is 0.255. The Kier molecular flexibility index (Phi) is 8.01. The van der Waals surface area contributed by atoms with Crippen LogP contribution >= 0.6 is 23.5 Å². The second-order valence-electron chi connectivity index (χ2n) is 7.60. The van der Waals surface area contributed by atoms with Crippen LogP contribution in [-0.2, 0) is 0 Å². The van der Waals surface area contributed by atoms with E-state index in [4.69, 9.17) is 0 Å². The number of nitrogens with zero attached hydrogens (tertiary/aromatic N) is 2. The number of hydrogen-bond acceptors (Lipinski definition) is 6. The van der Waals surface area contributed by atoms with Gasteiger partial charge in [-0.15, -0.1) is 0 Å². The van der Waals surface area contributed by atoms with Gasteiger partial charge in [-0.05, 0) is 37.1 Å². The molecule has 0 radical (unpaired) electrons. The van der Waals surface area contributed by atoms with Gasteiger partial charge in [0.2, 0.25) is 0 Å². The molecule has 4 aromatic rings. The van der Waals surface area contributed by atoms with Gasteiger partial charge in [0.25, 0.3) is 10.2 Å². The van der Waals surface area contributed by atoms with Crippen molar-refractivity contribution in [3.05, 3.63) is 60.2 Å². The van der Waals surface area contributed by atoms with Crippen molar-refractivity contribution in [1.29, 1.82) is 0 Å². The van der Waals surface area contributed by atoms with Gasteiger partial charge in [-0.2, -0.15) is 0 Å². The molecule has 0 atom stereocenters. The molecule has 0 amide bonds. The van der Waals surface area contributed by atoms with Crippen LogP contribution in [0.15, 0.2) is 48.5 Å². The van der Waals surface area contributed by atoms with Gasteiger partial charge in [0, 0.05) is 11.5 Å². The number of unbranched alkanes of at least 4 members (excludes halogenated alkanes) is 5. The van der Waals surface area contributed by atoms with Gasteiger partial charge in [-0.25, -0.2) is 9.97 Å². The second kappa shape index (κ2) is 11.3. The molecule has 6 nitrogen and oxygen atoms in total. The van der Waals surface area contributed by atoms with E-state index in [0.29, 0.717) is 11.6 Å². The lowest BCUT2D eigenvalue weighted by atomic mass is 10.1. The van der Waals surface area contributed by atoms with E-state index >= 15 is 0 Å². The molecule has 0 saturated heterocycles. The van der Waals surface area contributed by atoms with Gasteiger partial charge < -0.3 is 9.97 Å². The van der Waals surface area contributed by atoms with Crippen LogP contribution in [0.3, 0.4) is 0 Å². The van der Waals surface area contributed by atoms with Crippen LogP contribution in [0.25, 0.3) is 22.1 Å². The second-order valence-corrected chi connectivity index (χ2v) is 9.73. The minimum Gasteiger partial charge on any atom is -0.335 e. The molecule has 2 N–H and O–H groups in total. The molecule has 0 aliphatic rings. The van der Waals surface area contributed by atoms with E-state index in [9.17, 15) is 9.59 Å². The van der Waals surface area contributed by atoms with Crippen molar-refractivity contribution in [3.63, 3.8) is 0 Å². The molecule has 8 heteroatoms. The maximum atomic E-state index is 12.3. The van der Waals surface area contributed by atoms with Crippen LogP contribution in [0.5, 0.6) is 0 Å². The van der Waals surface area contributed by atoms with Crippen molar-refractivity contribution in [2.45, 2.75) is 38.5 Å². The zero-order valence-corrected chi connectivity index (χ0v) is 19.4. The Balaban J connectivity index is 1.03. The number of nitrogens with one attached hydrogen (secondary N) is 2. The fourth-order valence-electron chi connectivity index (χ4n) is 3.48. The minimum atomic E-state index is 0.00680. The van der Waals surface area contributed by atoms with Crippen molar-refractivity contribution in [3.8, 4) is 0 Å². The van der Waals surface area contributed by atoms with Gasteiger partial charge >= 0.3 is 0 Å². The topological polar surface area (TPSA) is 91.5 Å². The fourth-order valence-corrected chi connectivity index (χ4v) is 5.01. The summed E-state index contributed by atoms with van der Waals surface area (Å²) in [6, 6.07) is 15.4. The number of fused-ring (bicyclic) bond motifs is 2. The third-order valence-corrected chi connectivity index (χ3v) is 7.07. The molecule has 32 heavy (non-hydrogen) atoms. The summed E-state index contributed by atoms with van der Waals surface area (Å²) in [5.74, 6) is 2.51. The van der Waals surface area contributed by atoms with Crippen LogP contribution in [0.1, 0.15) is 59.8 Å². The number of aromatic amines is 2. The number of rotatable bonds is 11. The highest BCUT2D eigenvalue weighted by Crippen LogP contribution is 2.19. The lowest BCUT2D eigenvalue weighted by Gasteiger charge is -2.02. The van der Waals surface area contributed by atoms with Crippen LogP contribution in [0.4, 0.5) is 0 Å². The number of para-hydroxylation sites is 4. The van der Waals surface area contributed by atoms with E-state index in [2.05, 4.69) is 19.9 Å². The average Bonchev–Trinajstić information content (AvgIpc) is 3.44. The number of carbonyl (C=O) groups is 2. The molecule has 166 valence electrons. The van der Waals surface area contributed by atoms with Crippen LogP contribution in [0, 0.1) is 0 Å². The van der Waals surface area contributed by atoms with Crippen molar-refractivity contribution in [2.75, 3.05) is 11.5 Å². The largest absolute Gasteiger partial charge is 0.335 e. The molecule has 0 spiro atoms. The fraction of sp³-hybridized carbons (Fsp3) is 0.333. The molecule has 0 aliphatic heterocycles. The molecule has 4 rings (SSSR count). The molecule has 2 aromatic heterocycles. The predicted molar refractivity (Wildman–Crippen MR) is 133 cm³/mol. The number of hydrogen-bond donors (Lipinski definition) is 2. The van der Waals surface area contributed by atoms with E-state index in [1.165, 1.54) is 23.5 Å². The summed E-state index contributed by atoms with van der Waals surface area (Å²) >= 11 is 2.67. The Labute approximate surface area is 195 Å².